The number of methoxy groups -OCH3 is 1. The quantitative estimate of drug-likeness (QED) is 0.0639. The van der Waals surface area contributed by atoms with Gasteiger partial charge in [0.25, 0.3) is 5.91 Å². The molecule has 0 bridgehead atoms. The number of hydrogen-bond acceptors (Lipinski definition) is 12. The van der Waals surface area contributed by atoms with E-state index in [9.17, 15) is 24.1 Å². The molecule has 2 fully saturated rings. The van der Waals surface area contributed by atoms with Crippen molar-refractivity contribution in [2.75, 3.05) is 52.0 Å². The summed E-state index contributed by atoms with van der Waals surface area (Å²) < 4.78 is 53.8. The number of hydrogen-bond donors (Lipinski definition) is 4. The number of amides is 3. The number of carbonyl (C=O) groups is 3. The maximum atomic E-state index is 13.8. The maximum absolute atomic E-state index is 13.8. The van der Waals surface area contributed by atoms with Gasteiger partial charge in [0, 0.05) is 13.0 Å². The smallest absolute Gasteiger partial charge is 0.505 e. The van der Waals surface area contributed by atoms with Crippen molar-refractivity contribution in [1.82, 2.24) is 5.32 Å². The van der Waals surface area contributed by atoms with Crippen LogP contribution in [0, 0.1) is 17.3 Å². The maximum Gasteiger partial charge on any atom is 0.531 e. The van der Waals surface area contributed by atoms with Gasteiger partial charge < -0.3 is 44.9 Å². The fourth-order valence-electron chi connectivity index (χ4n) is 8.99. The molecular formula is C43H64N3O12P. The van der Waals surface area contributed by atoms with Gasteiger partial charge in [-0.25, -0.2) is 4.57 Å². The number of anilines is 1. The molecule has 0 spiro atoms. The summed E-state index contributed by atoms with van der Waals surface area (Å²) in [5.74, 6) is 0.0836. The third-order valence-electron chi connectivity index (χ3n) is 11.3. The van der Waals surface area contributed by atoms with E-state index in [1.807, 2.05) is 53.7 Å². The Hall–Kier alpha value is -3.72. The highest BCUT2D eigenvalue weighted by Crippen LogP contribution is 2.62. The van der Waals surface area contributed by atoms with E-state index in [0.717, 1.165) is 38.5 Å². The number of aryl methyl sites for hydroxylation is 1. The van der Waals surface area contributed by atoms with Gasteiger partial charge in [0.2, 0.25) is 11.8 Å². The fourth-order valence-corrected chi connectivity index (χ4v) is 10.8. The highest BCUT2D eigenvalue weighted by atomic mass is 31.2. The van der Waals surface area contributed by atoms with Crippen LogP contribution in [0.1, 0.15) is 114 Å². The Kier molecular flexibility index (Phi) is 15.2. The molecule has 15 nitrogen and oxygen atoms in total. The minimum atomic E-state index is -3.90. The van der Waals surface area contributed by atoms with Gasteiger partial charge in [0.1, 0.15) is 23.7 Å². The molecule has 0 aromatic heterocycles. The van der Waals surface area contributed by atoms with Gasteiger partial charge in [-0.2, -0.15) is 0 Å². The average Bonchev–Trinajstić information content (AvgIpc) is 3.47. The summed E-state index contributed by atoms with van der Waals surface area (Å²) in [6, 6.07) is 8.87. The number of nitrogens with one attached hydrogen (secondary N) is 2. The van der Waals surface area contributed by atoms with Crippen molar-refractivity contribution in [2.24, 2.45) is 23.0 Å². The van der Waals surface area contributed by atoms with Crippen molar-refractivity contribution in [2.45, 2.75) is 117 Å². The lowest BCUT2D eigenvalue weighted by Gasteiger charge is -2.50. The number of fused-ring (bicyclic) bond motifs is 5. The Balaban J connectivity index is 0.990. The number of phosphoric acid groups is 1. The lowest BCUT2D eigenvalue weighted by molar-refractivity contribution is -0.124. The molecule has 2 saturated carbocycles. The summed E-state index contributed by atoms with van der Waals surface area (Å²) in [7, 11) is -2.57. The predicted octanol–water partition coefficient (Wildman–Crippen LogP) is 7.04. The van der Waals surface area contributed by atoms with E-state index < -0.39 is 36.6 Å². The van der Waals surface area contributed by atoms with E-state index in [4.69, 9.17) is 38.3 Å². The van der Waals surface area contributed by atoms with Crippen LogP contribution in [0.2, 0.25) is 0 Å². The molecule has 5 N–H and O–H groups in total. The van der Waals surface area contributed by atoms with Crippen molar-refractivity contribution in [3.05, 3.63) is 47.0 Å². The molecule has 3 aliphatic carbocycles. The summed E-state index contributed by atoms with van der Waals surface area (Å²) in [4.78, 5) is 36.5. The summed E-state index contributed by atoms with van der Waals surface area (Å²) in [5, 5.41) is 15.7. The van der Waals surface area contributed by atoms with Crippen LogP contribution in [0.4, 0.5) is 5.69 Å². The molecule has 2 aromatic carbocycles. The van der Waals surface area contributed by atoms with E-state index in [0.29, 0.717) is 36.7 Å². The molecule has 5 rings (SSSR count). The second kappa shape index (κ2) is 19.3. The highest BCUT2D eigenvalue weighted by molar-refractivity contribution is 7.49. The van der Waals surface area contributed by atoms with Crippen molar-refractivity contribution in [3.8, 4) is 17.2 Å². The van der Waals surface area contributed by atoms with E-state index in [1.165, 1.54) is 30.4 Å². The molecular weight excluding hydrogens is 781 g/mol. The van der Waals surface area contributed by atoms with Crippen LogP contribution >= 0.6 is 7.82 Å². The minimum Gasteiger partial charge on any atom is -0.505 e. The number of phosphoric ester groups is 1. The number of rotatable bonds is 19. The number of aromatic hydroxyl groups is 1. The number of nitrogens with two attached hydrogens (primary N) is 1. The average molecular weight is 846 g/mol. The second-order valence-electron chi connectivity index (χ2n) is 17.9. The van der Waals surface area contributed by atoms with E-state index in [2.05, 4.69) is 23.6 Å². The van der Waals surface area contributed by atoms with Gasteiger partial charge in [0.15, 0.2) is 5.75 Å². The van der Waals surface area contributed by atoms with Crippen LogP contribution in [-0.4, -0.2) is 86.8 Å². The van der Waals surface area contributed by atoms with Crippen LogP contribution in [0.25, 0.3) is 0 Å². The first-order chi connectivity index (χ1) is 27.7. The molecule has 0 saturated heterocycles. The molecule has 328 valence electrons. The van der Waals surface area contributed by atoms with Gasteiger partial charge in [0.05, 0.1) is 56.5 Å². The molecule has 3 amide bonds. The Morgan fingerprint density at radius 3 is 2.31 bits per heavy atom. The molecule has 3 aliphatic rings. The number of primary amides is 1. The van der Waals surface area contributed by atoms with E-state index >= 15 is 0 Å². The monoisotopic (exact) mass is 845 g/mol. The van der Waals surface area contributed by atoms with E-state index in [-0.39, 0.29) is 67.3 Å². The van der Waals surface area contributed by atoms with Crippen molar-refractivity contribution in [1.29, 1.82) is 0 Å². The molecule has 59 heavy (non-hydrogen) atoms. The zero-order valence-corrected chi connectivity index (χ0v) is 36.7. The van der Waals surface area contributed by atoms with Gasteiger partial charge in [-0.1, -0.05) is 13.0 Å². The number of carbonyl (C=O) groups excluding carboxylic acids is 3. The first-order valence-electron chi connectivity index (χ1n) is 20.6. The Morgan fingerprint density at radius 2 is 1.63 bits per heavy atom. The topological polar surface area (TPSA) is 203 Å². The zero-order chi connectivity index (χ0) is 43.2. The first kappa shape index (κ1) is 46.3. The van der Waals surface area contributed by atoms with Gasteiger partial charge in [-0.15, -0.1) is 0 Å². The largest absolute Gasteiger partial charge is 0.531 e. The standard InChI is InChI=1S/C43H64N3O12P/c1-41(2,3)57-59(51,58-42(4,5)6)56-28-10-12-29-27(25-28)9-11-31-30(29)17-19-43(7)32(31)13-16-35(43)55-21-18-36(47)45-20-22-53-23-24-54-26-37(48)46-33-14-15-34(52-8)38(39(33)49)40(44)50/h10,12,14-15,25,30-32,35,49H,9,11,13,16-24,26H2,1-8H3,(H2,44,50)(H,45,47)(H,46,48). The lowest BCUT2D eigenvalue weighted by Crippen LogP contribution is -2.45. The Bertz CT molecular complexity index is 1840. The molecule has 5 unspecified atom stereocenters. The number of phenols is 1. The molecule has 2 aromatic rings. The van der Waals surface area contributed by atoms with Crippen molar-refractivity contribution >= 4 is 31.2 Å². The minimum absolute atomic E-state index is 0.000582. The van der Waals surface area contributed by atoms with Gasteiger partial charge in [-0.3, -0.25) is 23.4 Å². The second-order valence-corrected chi connectivity index (χ2v) is 19.4. The van der Waals surface area contributed by atoms with Crippen LogP contribution < -0.4 is 25.6 Å². The van der Waals surface area contributed by atoms with Crippen LogP contribution in [0.3, 0.4) is 0 Å². The number of ether oxygens (including phenoxy) is 4. The zero-order valence-electron chi connectivity index (χ0n) is 35.9. The van der Waals surface area contributed by atoms with E-state index in [1.54, 1.807) is 0 Å². The number of benzene rings is 2. The molecule has 0 heterocycles. The van der Waals surface area contributed by atoms with Crippen LogP contribution in [0.5, 0.6) is 17.2 Å². The molecule has 0 aliphatic heterocycles. The Labute approximate surface area is 348 Å². The highest BCUT2D eigenvalue weighted by Gasteiger charge is 2.55. The lowest BCUT2D eigenvalue weighted by atomic mass is 9.55. The predicted molar refractivity (Wildman–Crippen MR) is 222 cm³/mol. The van der Waals surface area contributed by atoms with Crippen molar-refractivity contribution in [3.63, 3.8) is 0 Å². The third-order valence-corrected chi connectivity index (χ3v) is 13.3. The third kappa shape index (κ3) is 12.2. The first-order valence-corrected chi connectivity index (χ1v) is 22.1. The van der Waals surface area contributed by atoms with Gasteiger partial charge in [-0.05, 0) is 139 Å². The molecule has 16 heteroatoms. The summed E-state index contributed by atoms with van der Waals surface area (Å²) in [6.45, 7) is 14.3. The summed E-state index contributed by atoms with van der Waals surface area (Å²) >= 11 is 0. The van der Waals surface area contributed by atoms with Crippen LogP contribution in [0.15, 0.2) is 30.3 Å². The summed E-state index contributed by atoms with van der Waals surface area (Å²) in [6.07, 6.45) is 6.58. The SMILES string of the molecule is COc1ccc(NC(=O)COCCOCCNC(=O)CCOC2CCC3C4CCc5cc(OP(=O)(OC(C)(C)C)OC(C)(C)C)ccc5C4CCC23C)c(O)c1C(N)=O. The van der Waals surface area contributed by atoms with Crippen LogP contribution in [-0.2, 0) is 43.8 Å². The molecule has 0 radical (unpaired) electrons. The Morgan fingerprint density at radius 1 is 0.915 bits per heavy atom. The normalized spacial score (nSPS) is 22.8. The van der Waals surface area contributed by atoms with Gasteiger partial charge >= 0.3 is 7.82 Å². The molecule has 5 atom stereocenters. The van der Waals surface area contributed by atoms with Crippen molar-refractivity contribution < 1.29 is 56.6 Å². The fraction of sp³-hybridized carbons (Fsp3) is 0.651. The summed E-state index contributed by atoms with van der Waals surface area (Å²) in [5.41, 5.74) is 6.28.